The van der Waals surface area contributed by atoms with E-state index in [0.29, 0.717) is 6.42 Å². The van der Waals surface area contributed by atoms with Gasteiger partial charge in [0.05, 0.1) is 32.6 Å². The third kappa shape index (κ3) is 5.41. The summed E-state index contributed by atoms with van der Waals surface area (Å²) in [5, 5.41) is 2.74. The third-order valence-corrected chi connectivity index (χ3v) is 5.15. The Morgan fingerprint density at radius 2 is 1.70 bits per heavy atom. The van der Waals surface area contributed by atoms with Gasteiger partial charge in [-0.2, -0.15) is 0 Å². The number of hydrogen-bond donors (Lipinski definition) is 2. The smallest absolute Gasteiger partial charge is 0.227 e. The summed E-state index contributed by atoms with van der Waals surface area (Å²) in [4.78, 5) is 27.2. The molecule has 1 heterocycles. The van der Waals surface area contributed by atoms with Crippen LogP contribution in [0.5, 0.6) is 0 Å². The highest BCUT2D eigenvalue weighted by atomic mass is 16.2. The molecule has 2 aromatic rings. The Morgan fingerprint density at radius 1 is 1.04 bits per heavy atom. The second-order valence-corrected chi connectivity index (χ2v) is 7.29. The molecule has 0 saturated carbocycles. The molecule has 0 atom stereocenters. The second kappa shape index (κ2) is 8.82. The first-order valence-corrected chi connectivity index (χ1v) is 9.53. The molecular formula is C22H28N3O2+. The predicted molar refractivity (Wildman–Crippen MR) is 107 cm³/mol. The molecular weight excluding hydrogens is 338 g/mol. The minimum Gasteiger partial charge on any atom is -0.331 e. The van der Waals surface area contributed by atoms with Gasteiger partial charge in [-0.25, -0.2) is 0 Å². The summed E-state index contributed by atoms with van der Waals surface area (Å²) >= 11 is 0. The summed E-state index contributed by atoms with van der Waals surface area (Å²) in [5.74, 6) is 0.0853. The molecule has 1 aliphatic heterocycles. The monoisotopic (exact) mass is 366 g/mol. The van der Waals surface area contributed by atoms with Crippen LogP contribution in [0.1, 0.15) is 23.6 Å². The van der Waals surface area contributed by atoms with Crippen molar-refractivity contribution in [3.8, 4) is 0 Å². The summed E-state index contributed by atoms with van der Waals surface area (Å²) in [6.45, 7) is 8.26. The molecule has 0 bridgehead atoms. The molecule has 0 aliphatic carbocycles. The van der Waals surface area contributed by atoms with Gasteiger partial charge >= 0.3 is 0 Å². The molecule has 0 radical (unpaired) electrons. The van der Waals surface area contributed by atoms with Crippen molar-refractivity contribution in [3.63, 3.8) is 0 Å². The van der Waals surface area contributed by atoms with E-state index in [4.69, 9.17) is 0 Å². The molecule has 5 nitrogen and oxygen atoms in total. The minimum atomic E-state index is -0.0927. The molecule has 1 aliphatic rings. The maximum Gasteiger partial charge on any atom is 0.227 e. The van der Waals surface area contributed by atoms with E-state index < -0.39 is 0 Å². The molecule has 0 aromatic heterocycles. The largest absolute Gasteiger partial charge is 0.331 e. The van der Waals surface area contributed by atoms with Gasteiger partial charge in [0.1, 0.15) is 6.54 Å². The van der Waals surface area contributed by atoms with Gasteiger partial charge in [-0.15, -0.1) is 0 Å². The highest BCUT2D eigenvalue weighted by Crippen LogP contribution is 2.11. The van der Waals surface area contributed by atoms with Crippen LogP contribution in [-0.4, -0.2) is 42.9 Å². The maximum absolute atomic E-state index is 12.6. The van der Waals surface area contributed by atoms with Crippen molar-refractivity contribution < 1.29 is 14.5 Å². The van der Waals surface area contributed by atoms with Crippen LogP contribution in [0.15, 0.2) is 48.5 Å². The van der Waals surface area contributed by atoms with E-state index in [2.05, 4.69) is 36.5 Å². The number of nitrogens with zero attached hydrogens (tertiary/aromatic N) is 1. The van der Waals surface area contributed by atoms with Gasteiger partial charge in [-0.3, -0.25) is 9.59 Å². The normalized spacial score (nSPS) is 14.8. The van der Waals surface area contributed by atoms with Crippen molar-refractivity contribution in [2.75, 3.05) is 31.5 Å². The Balaban J connectivity index is 1.48. The number of anilines is 1. The quantitative estimate of drug-likeness (QED) is 0.841. The Labute approximate surface area is 161 Å². The highest BCUT2D eigenvalue weighted by molar-refractivity contribution is 5.88. The lowest BCUT2D eigenvalue weighted by Crippen LogP contribution is -3.13. The van der Waals surface area contributed by atoms with Crippen LogP contribution >= 0.6 is 0 Å². The van der Waals surface area contributed by atoms with Crippen molar-refractivity contribution in [3.05, 3.63) is 65.2 Å². The number of amides is 2. The summed E-state index contributed by atoms with van der Waals surface area (Å²) in [6.07, 6.45) is 0.410. The average molecular weight is 366 g/mol. The summed E-state index contributed by atoms with van der Waals surface area (Å²) in [6, 6.07) is 16.0. The van der Waals surface area contributed by atoms with Gasteiger partial charge in [0, 0.05) is 18.2 Å². The van der Waals surface area contributed by atoms with E-state index in [1.54, 1.807) is 0 Å². The summed E-state index contributed by atoms with van der Waals surface area (Å²) in [5.41, 5.74) is 4.47. The van der Waals surface area contributed by atoms with Gasteiger partial charge in [-0.05, 0) is 30.2 Å². The third-order valence-electron chi connectivity index (χ3n) is 5.15. The second-order valence-electron chi connectivity index (χ2n) is 7.29. The van der Waals surface area contributed by atoms with Gasteiger partial charge in [0.25, 0.3) is 0 Å². The molecule has 1 saturated heterocycles. The van der Waals surface area contributed by atoms with Gasteiger partial charge in [0.2, 0.25) is 11.8 Å². The molecule has 2 N–H and O–H groups in total. The van der Waals surface area contributed by atoms with Crippen LogP contribution in [0.25, 0.3) is 0 Å². The number of rotatable bonds is 5. The molecule has 0 unspecified atom stereocenters. The summed E-state index contributed by atoms with van der Waals surface area (Å²) in [7, 11) is 0. The van der Waals surface area contributed by atoms with Crippen LogP contribution in [0.4, 0.5) is 5.69 Å². The lowest BCUT2D eigenvalue weighted by Gasteiger charge is -2.32. The van der Waals surface area contributed by atoms with E-state index >= 15 is 0 Å². The van der Waals surface area contributed by atoms with Crippen molar-refractivity contribution in [1.82, 2.24) is 4.90 Å². The zero-order chi connectivity index (χ0) is 19.2. The minimum absolute atomic E-state index is 0.0927. The van der Waals surface area contributed by atoms with Crippen molar-refractivity contribution in [2.24, 2.45) is 0 Å². The fourth-order valence-corrected chi connectivity index (χ4v) is 3.52. The lowest BCUT2D eigenvalue weighted by atomic mass is 10.1. The molecule has 2 amide bonds. The molecule has 0 spiro atoms. The van der Waals surface area contributed by atoms with Crippen molar-refractivity contribution in [1.29, 1.82) is 0 Å². The molecule has 27 heavy (non-hydrogen) atoms. The first-order chi connectivity index (χ1) is 13.0. The fourth-order valence-electron chi connectivity index (χ4n) is 3.52. The number of aryl methyl sites for hydroxylation is 1. The number of piperazine rings is 1. The number of carbonyl (C=O) groups is 2. The number of carbonyl (C=O) groups excluding carboxylic acids is 2. The SMILES string of the molecule is CC(=O)Nc1ccc(CC(=O)N2CC[NH+](Cc3ccccc3C)CC2)cc1. The van der Waals surface area contributed by atoms with E-state index in [1.165, 1.54) is 23.0 Å². The predicted octanol–water partition coefficient (Wildman–Crippen LogP) is 1.42. The lowest BCUT2D eigenvalue weighted by molar-refractivity contribution is -0.917. The highest BCUT2D eigenvalue weighted by Gasteiger charge is 2.24. The first kappa shape index (κ1) is 19.1. The van der Waals surface area contributed by atoms with Crippen LogP contribution in [0, 0.1) is 6.92 Å². The Morgan fingerprint density at radius 3 is 2.33 bits per heavy atom. The van der Waals surface area contributed by atoms with E-state index in [0.717, 1.165) is 44.0 Å². The standard InChI is InChI=1S/C22H27N3O2/c1-17-5-3-4-6-20(17)16-24-11-13-25(14-12-24)22(27)15-19-7-9-21(10-8-19)23-18(2)26/h3-10H,11-16H2,1-2H3,(H,23,26)/p+1. The Hall–Kier alpha value is -2.66. The summed E-state index contributed by atoms with van der Waals surface area (Å²) < 4.78 is 0. The van der Waals surface area contributed by atoms with E-state index in [-0.39, 0.29) is 11.8 Å². The Kier molecular flexibility index (Phi) is 6.24. The van der Waals surface area contributed by atoms with Crippen LogP contribution in [0.3, 0.4) is 0 Å². The fraction of sp³-hybridized carbons (Fsp3) is 0.364. The van der Waals surface area contributed by atoms with Crippen LogP contribution in [-0.2, 0) is 22.6 Å². The molecule has 142 valence electrons. The van der Waals surface area contributed by atoms with Crippen molar-refractivity contribution in [2.45, 2.75) is 26.8 Å². The zero-order valence-corrected chi connectivity index (χ0v) is 16.1. The molecule has 2 aromatic carbocycles. The zero-order valence-electron chi connectivity index (χ0n) is 16.1. The number of hydrogen-bond acceptors (Lipinski definition) is 2. The van der Waals surface area contributed by atoms with Gasteiger partial charge < -0.3 is 15.1 Å². The molecule has 1 fully saturated rings. The molecule has 5 heteroatoms. The number of quaternary nitrogens is 1. The topological polar surface area (TPSA) is 53.9 Å². The van der Waals surface area contributed by atoms with Crippen molar-refractivity contribution >= 4 is 17.5 Å². The molecule has 3 rings (SSSR count). The van der Waals surface area contributed by atoms with E-state index in [9.17, 15) is 9.59 Å². The van der Waals surface area contributed by atoms with Crippen LogP contribution < -0.4 is 10.2 Å². The number of nitrogens with one attached hydrogen (secondary N) is 2. The maximum atomic E-state index is 12.6. The van der Waals surface area contributed by atoms with Crippen LogP contribution in [0.2, 0.25) is 0 Å². The van der Waals surface area contributed by atoms with E-state index in [1.807, 2.05) is 29.2 Å². The van der Waals surface area contributed by atoms with Gasteiger partial charge in [0.15, 0.2) is 0 Å². The average Bonchev–Trinajstić information content (AvgIpc) is 2.65. The number of benzene rings is 2. The van der Waals surface area contributed by atoms with Gasteiger partial charge in [-0.1, -0.05) is 36.4 Å². The first-order valence-electron chi connectivity index (χ1n) is 9.53. The Bertz CT molecular complexity index is 793.